The molecule has 4 nitrogen and oxygen atoms in total. The molecule has 1 unspecified atom stereocenters. The van der Waals surface area contributed by atoms with Gasteiger partial charge in [0.1, 0.15) is 0 Å². The Morgan fingerprint density at radius 1 is 1.14 bits per heavy atom. The summed E-state index contributed by atoms with van der Waals surface area (Å²) in [6.07, 6.45) is 1.89. The lowest BCUT2D eigenvalue weighted by molar-refractivity contribution is 0.271. The molecule has 1 heterocycles. The van der Waals surface area contributed by atoms with E-state index in [1.165, 1.54) is 0 Å². The van der Waals surface area contributed by atoms with Crippen molar-refractivity contribution in [2.24, 2.45) is 11.7 Å². The lowest BCUT2D eigenvalue weighted by Gasteiger charge is -2.31. The molecule has 0 amide bonds. The van der Waals surface area contributed by atoms with Crippen LogP contribution in [0.15, 0.2) is 47.4 Å². The summed E-state index contributed by atoms with van der Waals surface area (Å²) < 4.78 is 27.5. The van der Waals surface area contributed by atoms with Gasteiger partial charge in [-0.2, -0.15) is 4.31 Å². The van der Waals surface area contributed by atoms with Crippen LogP contribution in [0.3, 0.4) is 0 Å². The summed E-state index contributed by atoms with van der Waals surface area (Å²) in [5.74, 6) is 0.267. The Balaban J connectivity index is 0.00000176. The third-order valence-corrected chi connectivity index (χ3v) is 6.11. The Morgan fingerprint density at radius 3 is 2.64 bits per heavy atom. The summed E-state index contributed by atoms with van der Waals surface area (Å²) in [7, 11) is -3.45. The fraction of sp³-hybridized carbons (Fsp3) is 0.375. The van der Waals surface area contributed by atoms with Crippen molar-refractivity contribution in [3.63, 3.8) is 0 Å². The van der Waals surface area contributed by atoms with Crippen LogP contribution in [-0.2, 0) is 10.0 Å². The molecule has 2 aromatic carbocycles. The summed E-state index contributed by atoms with van der Waals surface area (Å²) in [4.78, 5) is 0.401. The predicted molar refractivity (Wildman–Crippen MR) is 91.7 cm³/mol. The average Bonchev–Trinajstić information content (AvgIpc) is 2.54. The number of sulfonamides is 1. The van der Waals surface area contributed by atoms with Gasteiger partial charge in [0.25, 0.3) is 0 Å². The van der Waals surface area contributed by atoms with Crippen LogP contribution in [0, 0.1) is 5.92 Å². The van der Waals surface area contributed by atoms with Crippen LogP contribution in [0.25, 0.3) is 10.8 Å². The van der Waals surface area contributed by atoms with Crippen molar-refractivity contribution in [2.75, 3.05) is 19.6 Å². The second-order valence-corrected chi connectivity index (χ2v) is 7.49. The van der Waals surface area contributed by atoms with Crippen LogP contribution < -0.4 is 5.73 Å². The van der Waals surface area contributed by atoms with Gasteiger partial charge in [-0.15, -0.1) is 12.4 Å². The second-order valence-electron chi connectivity index (χ2n) is 5.58. The normalized spacial score (nSPS) is 19.8. The Bertz CT molecular complexity index is 743. The summed E-state index contributed by atoms with van der Waals surface area (Å²) >= 11 is 0. The molecule has 0 spiro atoms. The third-order valence-electron chi connectivity index (χ3n) is 4.18. The zero-order valence-electron chi connectivity index (χ0n) is 12.3. The highest BCUT2D eigenvalue weighted by Crippen LogP contribution is 2.28. The molecule has 120 valence electrons. The first kappa shape index (κ1) is 17.2. The van der Waals surface area contributed by atoms with Crippen molar-refractivity contribution in [2.45, 2.75) is 17.7 Å². The van der Waals surface area contributed by atoms with Gasteiger partial charge in [-0.25, -0.2) is 8.42 Å². The molecule has 22 heavy (non-hydrogen) atoms. The van der Waals surface area contributed by atoms with Gasteiger partial charge in [0.05, 0.1) is 4.90 Å². The maximum absolute atomic E-state index is 12.9. The van der Waals surface area contributed by atoms with Crippen LogP contribution in [0.4, 0.5) is 0 Å². The van der Waals surface area contributed by atoms with Crippen molar-refractivity contribution in [3.8, 4) is 0 Å². The van der Waals surface area contributed by atoms with Gasteiger partial charge < -0.3 is 5.73 Å². The fourth-order valence-corrected chi connectivity index (χ4v) is 4.77. The van der Waals surface area contributed by atoms with Crippen LogP contribution in [0.1, 0.15) is 12.8 Å². The number of rotatable bonds is 3. The van der Waals surface area contributed by atoms with E-state index in [0.717, 1.165) is 23.6 Å². The molecule has 0 aromatic heterocycles. The van der Waals surface area contributed by atoms with E-state index in [9.17, 15) is 8.42 Å². The molecule has 3 rings (SSSR count). The molecule has 1 fully saturated rings. The molecule has 0 saturated carbocycles. The number of nitrogens with two attached hydrogens (primary N) is 1. The second kappa shape index (κ2) is 6.96. The summed E-state index contributed by atoms with van der Waals surface area (Å²) in [6.45, 7) is 1.66. The van der Waals surface area contributed by atoms with Crippen LogP contribution in [0.2, 0.25) is 0 Å². The smallest absolute Gasteiger partial charge is 0.243 e. The largest absolute Gasteiger partial charge is 0.330 e. The molecule has 1 aliphatic rings. The van der Waals surface area contributed by atoms with Crippen LogP contribution >= 0.6 is 12.4 Å². The van der Waals surface area contributed by atoms with E-state index in [4.69, 9.17) is 5.73 Å². The molecule has 0 bridgehead atoms. The lowest BCUT2D eigenvalue weighted by atomic mass is 10.0. The molecule has 1 saturated heterocycles. The number of benzene rings is 2. The number of halogens is 1. The van der Waals surface area contributed by atoms with Crippen molar-refractivity contribution in [3.05, 3.63) is 42.5 Å². The number of nitrogens with zero attached hydrogens (tertiary/aromatic N) is 1. The summed E-state index contributed by atoms with van der Waals surface area (Å²) in [6, 6.07) is 13.0. The summed E-state index contributed by atoms with van der Waals surface area (Å²) in [5.41, 5.74) is 5.72. The van der Waals surface area contributed by atoms with E-state index in [1.807, 2.05) is 30.3 Å². The standard InChI is InChI=1S/C16H20N2O2S.ClH/c17-11-13-5-4-10-18(12-13)21(19,20)16-9-3-7-14-6-1-2-8-15(14)16;/h1-3,6-9,13H,4-5,10-12,17H2;1H. The Hall–Kier alpha value is -1.14. The molecule has 6 heteroatoms. The van der Waals surface area contributed by atoms with Gasteiger partial charge in [0, 0.05) is 18.5 Å². The Kier molecular flexibility index (Phi) is 5.45. The number of hydrogen-bond acceptors (Lipinski definition) is 3. The average molecular weight is 341 g/mol. The van der Waals surface area contributed by atoms with E-state index in [1.54, 1.807) is 16.4 Å². The van der Waals surface area contributed by atoms with E-state index in [0.29, 0.717) is 24.5 Å². The lowest BCUT2D eigenvalue weighted by Crippen LogP contribution is -2.42. The van der Waals surface area contributed by atoms with Crippen LogP contribution in [0.5, 0.6) is 0 Å². The highest BCUT2D eigenvalue weighted by Gasteiger charge is 2.30. The van der Waals surface area contributed by atoms with Gasteiger partial charge in [-0.3, -0.25) is 0 Å². The van der Waals surface area contributed by atoms with Gasteiger partial charge >= 0.3 is 0 Å². The van der Waals surface area contributed by atoms with Crippen molar-refractivity contribution < 1.29 is 8.42 Å². The fourth-order valence-electron chi connectivity index (χ4n) is 3.00. The molecule has 0 aliphatic carbocycles. The van der Waals surface area contributed by atoms with E-state index < -0.39 is 10.0 Å². The number of fused-ring (bicyclic) bond motifs is 1. The maximum atomic E-state index is 12.9. The first-order chi connectivity index (χ1) is 10.1. The minimum absolute atomic E-state index is 0. The summed E-state index contributed by atoms with van der Waals surface area (Å²) in [5, 5.41) is 1.74. The topological polar surface area (TPSA) is 63.4 Å². The SMILES string of the molecule is Cl.NCC1CCCN(S(=O)(=O)c2cccc3ccccc23)C1. The zero-order valence-corrected chi connectivity index (χ0v) is 13.9. The first-order valence-corrected chi connectivity index (χ1v) is 8.75. The van der Waals surface area contributed by atoms with Crippen molar-refractivity contribution in [1.82, 2.24) is 4.31 Å². The van der Waals surface area contributed by atoms with Crippen LogP contribution in [-0.4, -0.2) is 32.4 Å². The Morgan fingerprint density at radius 2 is 1.86 bits per heavy atom. The zero-order chi connectivity index (χ0) is 14.9. The van der Waals surface area contributed by atoms with Gasteiger partial charge in [-0.05, 0) is 36.8 Å². The first-order valence-electron chi connectivity index (χ1n) is 7.31. The van der Waals surface area contributed by atoms with Gasteiger partial charge in [0.2, 0.25) is 10.0 Å². The maximum Gasteiger partial charge on any atom is 0.243 e. The number of piperidine rings is 1. The quantitative estimate of drug-likeness (QED) is 0.934. The molecular weight excluding hydrogens is 320 g/mol. The number of hydrogen-bond donors (Lipinski definition) is 1. The van der Waals surface area contributed by atoms with E-state index >= 15 is 0 Å². The molecule has 1 atom stereocenters. The predicted octanol–water partition coefficient (Wildman–Crippen LogP) is 2.62. The molecular formula is C16H21ClN2O2S. The monoisotopic (exact) mass is 340 g/mol. The molecule has 2 N–H and O–H groups in total. The molecule has 0 radical (unpaired) electrons. The van der Waals surface area contributed by atoms with E-state index in [-0.39, 0.29) is 18.3 Å². The minimum atomic E-state index is -3.45. The van der Waals surface area contributed by atoms with Gasteiger partial charge in [-0.1, -0.05) is 36.4 Å². The molecule has 1 aliphatic heterocycles. The Labute approximate surface area is 137 Å². The highest BCUT2D eigenvalue weighted by molar-refractivity contribution is 7.89. The minimum Gasteiger partial charge on any atom is -0.330 e. The van der Waals surface area contributed by atoms with Crippen molar-refractivity contribution >= 4 is 33.2 Å². The molecule has 2 aromatic rings. The van der Waals surface area contributed by atoms with Crippen molar-refractivity contribution in [1.29, 1.82) is 0 Å². The van der Waals surface area contributed by atoms with Gasteiger partial charge in [0.15, 0.2) is 0 Å². The highest BCUT2D eigenvalue weighted by atomic mass is 35.5. The van der Waals surface area contributed by atoms with E-state index in [2.05, 4.69) is 0 Å². The third kappa shape index (κ3) is 3.13.